The Bertz CT molecular complexity index is 1480. The maximum Gasteiger partial charge on any atom is 0.243 e. The maximum atomic E-state index is 13.2. The molecule has 0 N–H and O–H groups in total. The number of carbonyl (C=O) groups excluding carboxylic acids is 1. The second kappa shape index (κ2) is 9.11. The molecule has 0 unspecified atom stereocenters. The minimum atomic E-state index is -3.73. The summed E-state index contributed by atoms with van der Waals surface area (Å²) in [6.45, 7) is 0.680. The first-order valence-corrected chi connectivity index (χ1v) is 12.9. The van der Waals surface area contributed by atoms with E-state index in [0.717, 1.165) is 22.6 Å². The Balaban J connectivity index is 1.44. The Labute approximate surface area is 207 Å². The molecule has 0 saturated carbocycles. The highest BCUT2D eigenvalue weighted by Gasteiger charge is 2.32. The molecule has 0 amide bonds. The Morgan fingerprint density at radius 3 is 2.41 bits per heavy atom. The van der Waals surface area contributed by atoms with Gasteiger partial charge >= 0.3 is 0 Å². The smallest absolute Gasteiger partial charge is 0.243 e. The number of aldehydes is 1. The topological polar surface area (TPSA) is 85.2 Å². The molecule has 174 valence electrons. The van der Waals surface area contributed by atoms with Crippen LogP contribution < -0.4 is 0 Å². The fourth-order valence-electron chi connectivity index (χ4n) is 4.33. The number of aromatic nitrogens is 3. The highest BCUT2D eigenvalue weighted by atomic mass is 35.5. The average molecular weight is 515 g/mol. The molecule has 1 aliphatic rings. The van der Waals surface area contributed by atoms with Crippen molar-refractivity contribution < 1.29 is 13.2 Å². The van der Waals surface area contributed by atoms with E-state index in [9.17, 15) is 13.2 Å². The number of hydrogen-bond acceptors (Lipinski definition) is 5. The minimum Gasteiger partial charge on any atom is -0.305 e. The van der Waals surface area contributed by atoms with Crippen LogP contribution in [0.4, 0.5) is 0 Å². The van der Waals surface area contributed by atoms with E-state index >= 15 is 0 Å². The van der Waals surface area contributed by atoms with E-state index in [0.29, 0.717) is 37.2 Å². The van der Waals surface area contributed by atoms with Crippen LogP contribution in [0.25, 0.3) is 22.6 Å². The van der Waals surface area contributed by atoms with Gasteiger partial charge in [0.05, 0.1) is 9.92 Å². The van der Waals surface area contributed by atoms with Gasteiger partial charge in [-0.05, 0) is 67.4 Å². The van der Waals surface area contributed by atoms with Gasteiger partial charge in [0.2, 0.25) is 10.0 Å². The molecule has 3 heterocycles. The van der Waals surface area contributed by atoms with E-state index in [1.165, 1.54) is 22.5 Å². The number of imidazole rings is 1. The summed E-state index contributed by atoms with van der Waals surface area (Å²) in [5.74, 6) is 0.780. The fourth-order valence-corrected chi connectivity index (χ4v) is 6.24. The molecule has 0 aliphatic carbocycles. The van der Waals surface area contributed by atoms with Gasteiger partial charge in [0.1, 0.15) is 11.3 Å². The monoisotopic (exact) mass is 514 g/mol. The molecule has 5 rings (SSSR count). The van der Waals surface area contributed by atoms with Crippen molar-refractivity contribution in [1.82, 2.24) is 18.8 Å². The lowest BCUT2D eigenvalue weighted by molar-refractivity contribution is 0.112. The number of pyridine rings is 1. The summed E-state index contributed by atoms with van der Waals surface area (Å²) in [4.78, 5) is 20.5. The highest BCUT2D eigenvalue weighted by molar-refractivity contribution is 7.89. The van der Waals surface area contributed by atoms with E-state index in [-0.39, 0.29) is 21.5 Å². The third kappa shape index (κ3) is 4.11. The summed E-state index contributed by atoms with van der Waals surface area (Å²) in [7, 11) is -3.73. The number of hydrogen-bond donors (Lipinski definition) is 0. The third-order valence-corrected chi connectivity index (χ3v) is 8.55. The third-order valence-electron chi connectivity index (χ3n) is 6.08. The first-order valence-electron chi connectivity index (χ1n) is 10.7. The molecule has 2 aromatic heterocycles. The molecule has 0 radical (unpaired) electrons. The van der Waals surface area contributed by atoms with E-state index in [4.69, 9.17) is 28.2 Å². The number of sulfonamides is 1. The summed E-state index contributed by atoms with van der Waals surface area (Å²) < 4.78 is 30.0. The number of benzene rings is 2. The first kappa shape index (κ1) is 23.0. The van der Waals surface area contributed by atoms with Crippen molar-refractivity contribution in [3.63, 3.8) is 0 Å². The van der Waals surface area contributed by atoms with Gasteiger partial charge in [-0.25, -0.2) is 18.4 Å². The zero-order chi connectivity index (χ0) is 23.9. The number of piperidine rings is 1. The SMILES string of the molecule is O=Cc1ccc(S(=O)(=O)N2CCC(n3c(-c4ccc(Cl)cc4)nc4cccnc43)CC2)cc1Cl. The van der Waals surface area contributed by atoms with Gasteiger partial charge in [0.15, 0.2) is 11.9 Å². The van der Waals surface area contributed by atoms with Crippen LogP contribution in [0.5, 0.6) is 0 Å². The van der Waals surface area contributed by atoms with Crippen LogP contribution in [0.3, 0.4) is 0 Å². The molecule has 1 saturated heterocycles. The Hall–Kier alpha value is -2.78. The summed E-state index contributed by atoms with van der Waals surface area (Å²) in [6.07, 6.45) is 3.54. The minimum absolute atomic E-state index is 0.0260. The average Bonchev–Trinajstić information content (AvgIpc) is 3.24. The first-order chi connectivity index (χ1) is 16.4. The second-order valence-electron chi connectivity index (χ2n) is 8.09. The fraction of sp³-hybridized carbons (Fsp3) is 0.208. The van der Waals surface area contributed by atoms with Crippen molar-refractivity contribution in [3.8, 4) is 11.4 Å². The van der Waals surface area contributed by atoms with Gasteiger partial charge in [-0.1, -0.05) is 23.2 Å². The van der Waals surface area contributed by atoms with Gasteiger partial charge < -0.3 is 4.57 Å². The number of halogens is 2. The normalized spacial score (nSPS) is 15.6. The van der Waals surface area contributed by atoms with Gasteiger partial charge in [0, 0.05) is 41.5 Å². The standard InChI is InChI=1S/C24H20Cl2N4O3S/c25-18-6-3-16(4-7-18)23-28-22-2-1-11-27-24(22)30(23)19-9-12-29(13-10-19)34(32,33)20-8-5-17(15-31)21(26)14-20/h1-8,11,14-15,19H,9-10,12-13H2. The molecule has 4 aromatic rings. The molecule has 10 heteroatoms. The lowest BCUT2D eigenvalue weighted by atomic mass is 10.1. The van der Waals surface area contributed by atoms with Crippen molar-refractivity contribution in [3.05, 3.63) is 76.4 Å². The van der Waals surface area contributed by atoms with Crippen LogP contribution in [0.2, 0.25) is 10.0 Å². The van der Waals surface area contributed by atoms with Crippen LogP contribution in [-0.4, -0.2) is 46.6 Å². The predicted molar refractivity (Wildman–Crippen MR) is 132 cm³/mol. The van der Waals surface area contributed by atoms with Crippen molar-refractivity contribution in [1.29, 1.82) is 0 Å². The maximum absolute atomic E-state index is 13.2. The molecule has 2 aromatic carbocycles. The van der Waals surface area contributed by atoms with Crippen molar-refractivity contribution in [2.75, 3.05) is 13.1 Å². The summed E-state index contributed by atoms with van der Waals surface area (Å²) in [5, 5.41) is 0.763. The van der Waals surface area contributed by atoms with Crippen LogP contribution in [0.15, 0.2) is 65.7 Å². The van der Waals surface area contributed by atoms with E-state index in [2.05, 4.69) is 9.55 Å². The van der Waals surface area contributed by atoms with Gasteiger partial charge in [-0.15, -0.1) is 0 Å². The van der Waals surface area contributed by atoms with E-state index < -0.39 is 10.0 Å². The lowest BCUT2D eigenvalue weighted by Crippen LogP contribution is -2.39. The zero-order valence-electron chi connectivity index (χ0n) is 17.9. The lowest BCUT2D eigenvalue weighted by Gasteiger charge is -2.32. The van der Waals surface area contributed by atoms with E-state index in [1.807, 2.05) is 36.4 Å². The van der Waals surface area contributed by atoms with Crippen LogP contribution in [0.1, 0.15) is 29.2 Å². The summed E-state index contributed by atoms with van der Waals surface area (Å²) in [6, 6.07) is 15.5. The summed E-state index contributed by atoms with van der Waals surface area (Å²) >= 11 is 12.1. The number of fused-ring (bicyclic) bond motifs is 1. The number of nitrogens with zero attached hydrogens (tertiary/aromatic N) is 4. The van der Waals surface area contributed by atoms with Crippen molar-refractivity contribution >= 4 is 50.7 Å². The highest BCUT2D eigenvalue weighted by Crippen LogP contribution is 2.34. The van der Waals surface area contributed by atoms with Crippen LogP contribution in [-0.2, 0) is 10.0 Å². The summed E-state index contributed by atoms with van der Waals surface area (Å²) in [5.41, 5.74) is 2.73. The molecule has 1 aliphatic heterocycles. The Kier molecular flexibility index (Phi) is 6.16. The Morgan fingerprint density at radius 2 is 1.74 bits per heavy atom. The van der Waals surface area contributed by atoms with Crippen molar-refractivity contribution in [2.24, 2.45) is 0 Å². The van der Waals surface area contributed by atoms with Crippen LogP contribution in [0, 0.1) is 0 Å². The molecule has 7 nitrogen and oxygen atoms in total. The largest absolute Gasteiger partial charge is 0.305 e. The number of carbonyl (C=O) groups is 1. The quantitative estimate of drug-likeness (QED) is 0.339. The molecule has 0 atom stereocenters. The van der Waals surface area contributed by atoms with E-state index in [1.54, 1.807) is 6.20 Å². The molecular formula is C24H20Cl2N4O3S. The molecule has 1 fully saturated rings. The van der Waals surface area contributed by atoms with Gasteiger partial charge in [-0.2, -0.15) is 4.31 Å². The Morgan fingerprint density at radius 1 is 1.00 bits per heavy atom. The predicted octanol–water partition coefficient (Wildman–Crippen LogP) is 5.24. The zero-order valence-corrected chi connectivity index (χ0v) is 20.3. The van der Waals surface area contributed by atoms with Gasteiger partial charge in [-0.3, -0.25) is 4.79 Å². The molecular weight excluding hydrogens is 495 g/mol. The van der Waals surface area contributed by atoms with Gasteiger partial charge in [0.25, 0.3) is 0 Å². The van der Waals surface area contributed by atoms with Crippen molar-refractivity contribution in [2.45, 2.75) is 23.8 Å². The molecule has 0 bridgehead atoms. The molecule has 34 heavy (non-hydrogen) atoms. The van der Waals surface area contributed by atoms with Crippen LogP contribution >= 0.6 is 23.2 Å². The number of rotatable bonds is 5. The molecule has 0 spiro atoms. The second-order valence-corrected chi connectivity index (χ2v) is 10.9.